The van der Waals surface area contributed by atoms with Gasteiger partial charge in [0.1, 0.15) is 12.2 Å². The van der Waals surface area contributed by atoms with E-state index in [-0.39, 0.29) is 34.2 Å². The number of hydrogen-bond donors (Lipinski definition) is 0. The van der Waals surface area contributed by atoms with Crippen molar-refractivity contribution in [3.63, 3.8) is 0 Å². The van der Waals surface area contributed by atoms with Crippen LogP contribution in [0.15, 0.2) is 47.1 Å². The molecule has 0 aromatic rings. The van der Waals surface area contributed by atoms with Crippen LogP contribution in [0.4, 0.5) is 0 Å². The lowest BCUT2D eigenvalue weighted by Gasteiger charge is -2.51. The minimum absolute atomic E-state index is 0.0264. The molecule has 0 radical (unpaired) electrons. The zero-order chi connectivity index (χ0) is 36.7. The zero-order valence-corrected chi connectivity index (χ0v) is 35.8. The highest BCUT2D eigenvalue weighted by Gasteiger charge is 2.52. The molecule has 0 bridgehead atoms. The number of esters is 1. The fourth-order valence-corrected chi connectivity index (χ4v) is 11.0. The first kappa shape index (κ1) is 40.5. The molecular weight excluding hydrogens is 641 g/mol. The third-order valence-corrected chi connectivity index (χ3v) is 22.5. The molecular formula is C42H72O5Si2. The second kappa shape index (κ2) is 14.6. The number of rotatable bonds is 10. The summed E-state index contributed by atoms with van der Waals surface area (Å²) in [7, 11) is -4.57. The first-order valence-electron chi connectivity index (χ1n) is 19.5. The van der Waals surface area contributed by atoms with E-state index in [1.54, 1.807) is 11.1 Å². The quantitative estimate of drug-likeness (QED) is 0.0977. The molecule has 0 spiro atoms. The SMILES string of the molecule is C=C1C(=CC=C2CCC[C@]3(C)C(CC)=CC[C@@H]23)C[C@](OCC(=O)OC2(C)CCCCC2)(O[Si](C)(C)C(C)(C)C)CC1O[Si](C)(C)C(C)(C)C. The number of hydrogen-bond acceptors (Lipinski definition) is 5. The van der Waals surface area contributed by atoms with E-state index in [1.165, 1.54) is 19.3 Å². The molecule has 278 valence electrons. The van der Waals surface area contributed by atoms with Gasteiger partial charge in [-0.2, -0.15) is 0 Å². The fraction of sp³-hybridized carbons (Fsp3) is 0.786. The zero-order valence-electron chi connectivity index (χ0n) is 33.8. The van der Waals surface area contributed by atoms with E-state index in [4.69, 9.17) is 24.9 Å². The van der Waals surface area contributed by atoms with Gasteiger partial charge in [-0.3, -0.25) is 0 Å². The van der Waals surface area contributed by atoms with Gasteiger partial charge < -0.3 is 18.3 Å². The highest BCUT2D eigenvalue weighted by atomic mass is 28.4. The van der Waals surface area contributed by atoms with E-state index in [9.17, 15) is 4.79 Å². The monoisotopic (exact) mass is 712 g/mol. The minimum atomic E-state index is -2.37. The van der Waals surface area contributed by atoms with Crippen LogP contribution in [-0.2, 0) is 23.1 Å². The van der Waals surface area contributed by atoms with Gasteiger partial charge in [0.15, 0.2) is 22.4 Å². The van der Waals surface area contributed by atoms with E-state index in [0.717, 1.165) is 56.1 Å². The Morgan fingerprint density at radius 2 is 1.57 bits per heavy atom. The molecule has 4 aliphatic carbocycles. The average molecular weight is 713 g/mol. The van der Waals surface area contributed by atoms with Crippen LogP contribution in [0.1, 0.15) is 139 Å². The molecule has 4 atom stereocenters. The third-order valence-electron chi connectivity index (χ3n) is 13.6. The van der Waals surface area contributed by atoms with Gasteiger partial charge in [-0.25, -0.2) is 4.79 Å². The summed E-state index contributed by atoms with van der Waals surface area (Å²) in [6, 6.07) is 0. The summed E-state index contributed by atoms with van der Waals surface area (Å²) in [6.45, 7) is 34.2. The molecule has 4 aliphatic rings. The molecule has 0 heterocycles. The van der Waals surface area contributed by atoms with E-state index < -0.39 is 28.0 Å². The third kappa shape index (κ3) is 9.04. The van der Waals surface area contributed by atoms with Crippen molar-refractivity contribution in [3.05, 3.63) is 47.1 Å². The van der Waals surface area contributed by atoms with Gasteiger partial charge in [-0.05, 0) is 123 Å². The van der Waals surface area contributed by atoms with E-state index in [2.05, 4.69) is 107 Å². The smallest absolute Gasteiger partial charge is 0.332 e. The summed E-state index contributed by atoms with van der Waals surface area (Å²) in [5, 5.41) is -0.0206. The Hall–Kier alpha value is -1.26. The molecule has 0 N–H and O–H groups in total. The van der Waals surface area contributed by atoms with Crippen molar-refractivity contribution >= 4 is 22.6 Å². The molecule has 0 aromatic heterocycles. The van der Waals surface area contributed by atoms with Crippen molar-refractivity contribution in [3.8, 4) is 0 Å². The molecule has 0 saturated heterocycles. The molecule has 0 aliphatic heterocycles. The standard InChI is InChI=1S/C42H72O5Si2/c1-15-34-23-24-35-32(20-19-27-41(34,35)10)21-22-33-28-42(47-49(13,14)39(6,7)8,29-36(31(33)2)46-48(11,12)38(3,4)5)44-30-37(43)45-40(9)25-17-16-18-26-40/h21-23,35-36H,2,15-20,24-30H2,1,3-14H3/t35-,36?,41+,42-/m0/s1. The highest BCUT2D eigenvalue weighted by molar-refractivity contribution is 6.74. The van der Waals surface area contributed by atoms with Crippen LogP contribution in [0, 0.1) is 11.3 Å². The summed E-state index contributed by atoms with van der Waals surface area (Å²) in [6.07, 6.45) is 19.1. The Morgan fingerprint density at radius 1 is 0.939 bits per heavy atom. The predicted octanol–water partition coefficient (Wildman–Crippen LogP) is 12.1. The first-order chi connectivity index (χ1) is 22.5. The molecule has 49 heavy (non-hydrogen) atoms. The molecule has 0 amide bonds. The minimum Gasteiger partial charge on any atom is -0.458 e. The topological polar surface area (TPSA) is 54.0 Å². The summed E-state index contributed by atoms with van der Waals surface area (Å²) in [5.41, 5.74) is 5.16. The number of allylic oxidation sites excluding steroid dienone is 5. The normalized spacial score (nSPS) is 31.5. The Bertz CT molecular complexity index is 1320. The molecule has 7 heteroatoms. The number of carbonyl (C=O) groups is 1. The van der Waals surface area contributed by atoms with Crippen molar-refractivity contribution in [1.29, 1.82) is 0 Å². The van der Waals surface area contributed by atoms with Gasteiger partial charge in [-0.1, -0.05) is 97.8 Å². The summed E-state index contributed by atoms with van der Waals surface area (Å²) in [4.78, 5) is 13.5. The maximum absolute atomic E-state index is 13.5. The second-order valence-electron chi connectivity index (χ2n) is 19.4. The van der Waals surface area contributed by atoms with Gasteiger partial charge in [-0.15, -0.1) is 0 Å². The number of carbonyl (C=O) groups excluding carboxylic acids is 1. The molecule has 4 rings (SSSR count). The van der Waals surface area contributed by atoms with Gasteiger partial charge in [0, 0.05) is 12.8 Å². The largest absolute Gasteiger partial charge is 0.458 e. The molecule has 5 nitrogen and oxygen atoms in total. The van der Waals surface area contributed by atoms with Crippen LogP contribution in [0.2, 0.25) is 36.3 Å². The maximum atomic E-state index is 13.5. The second-order valence-corrected chi connectivity index (χ2v) is 28.9. The Balaban J connectivity index is 1.74. The lowest BCUT2D eigenvalue weighted by molar-refractivity contribution is -0.220. The van der Waals surface area contributed by atoms with Crippen LogP contribution in [0.3, 0.4) is 0 Å². The summed E-state index contributed by atoms with van der Waals surface area (Å²) < 4.78 is 27.5. The highest BCUT2D eigenvalue weighted by Crippen LogP contribution is 2.56. The molecule has 1 unspecified atom stereocenters. The number of fused-ring (bicyclic) bond motifs is 1. The van der Waals surface area contributed by atoms with E-state index in [1.807, 2.05) is 0 Å². The lowest BCUT2D eigenvalue weighted by atomic mass is 9.64. The average Bonchev–Trinajstić information content (AvgIpc) is 3.32. The Morgan fingerprint density at radius 3 is 2.16 bits per heavy atom. The van der Waals surface area contributed by atoms with Crippen LogP contribution in [0.25, 0.3) is 0 Å². The summed E-state index contributed by atoms with van der Waals surface area (Å²) >= 11 is 0. The molecule has 3 saturated carbocycles. The van der Waals surface area contributed by atoms with Crippen molar-refractivity contribution in [2.75, 3.05) is 6.61 Å². The Kier molecular flexibility index (Phi) is 12.1. The van der Waals surface area contributed by atoms with E-state index >= 15 is 0 Å². The van der Waals surface area contributed by atoms with Crippen LogP contribution < -0.4 is 0 Å². The van der Waals surface area contributed by atoms with E-state index in [0.29, 0.717) is 18.8 Å². The van der Waals surface area contributed by atoms with Gasteiger partial charge in [0.2, 0.25) is 0 Å². The first-order valence-corrected chi connectivity index (χ1v) is 25.3. The van der Waals surface area contributed by atoms with Crippen LogP contribution in [0.5, 0.6) is 0 Å². The van der Waals surface area contributed by atoms with Crippen molar-refractivity contribution in [2.24, 2.45) is 11.3 Å². The van der Waals surface area contributed by atoms with Crippen LogP contribution in [-0.4, -0.2) is 46.7 Å². The van der Waals surface area contributed by atoms with Crippen molar-refractivity contribution in [2.45, 2.75) is 193 Å². The lowest BCUT2D eigenvalue weighted by Crippen LogP contribution is -2.56. The van der Waals surface area contributed by atoms with Gasteiger partial charge >= 0.3 is 5.97 Å². The summed E-state index contributed by atoms with van der Waals surface area (Å²) in [5.74, 6) is -0.771. The molecule has 3 fully saturated rings. The Labute approximate surface area is 303 Å². The van der Waals surface area contributed by atoms with Crippen molar-refractivity contribution < 1.29 is 23.1 Å². The van der Waals surface area contributed by atoms with Crippen molar-refractivity contribution in [1.82, 2.24) is 0 Å². The fourth-order valence-electron chi connectivity index (χ4n) is 8.29. The number of ether oxygens (including phenoxy) is 2. The molecule has 0 aromatic carbocycles. The maximum Gasteiger partial charge on any atom is 0.332 e. The predicted molar refractivity (Wildman–Crippen MR) is 210 cm³/mol. The van der Waals surface area contributed by atoms with Gasteiger partial charge in [0.05, 0.1) is 6.10 Å². The van der Waals surface area contributed by atoms with Crippen LogP contribution >= 0.6 is 0 Å². The van der Waals surface area contributed by atoms with Gasteiger partial charge in [0.25, 0.3) is 0 Å².